The Bertz CT molecular complexity index is 512. The van der Waals surface area contributed by atoms with Crippen LogP contribution in [0.4, 0.5) is 4.39 Å². The first-order chi connectivity index (χ1) is 9.16. The normalized spacial score (nSPS) is 9.53. The van der Waals surface area contributed by atoms with Gasteiger partial charge in [0.25, 0.3) is 0 Å². The van der Waals surface area contributed by atoms with Crippen LogP contribution in [0, 0.1) is 12.7 Å². The first kappa shape index (κ1) is 15.7. The Balaban J connectivity index is 0.000000861. The minimum absolute atomic E-state index is 0.300. The minimum Gasteiger partial charge on any atom is -0.488 e. The maximum atomic E-state index is 13.2. The Kier molecular flexibility index (Phi) is 6.57. The third kappa shape index (κ3) is 4.67. The zero-order chi connectivity index (χ0) is 14.3. The van der Waals surface area contributed by atoms with E-state index in [9.17, 15) is 4.39 Å². The Labute approximate surface area is 122 Å². The maximum Gasteiger partial charge on any atom is 0.128 e. The van der Waals surface area contributed by atoms with Crippen molar-refractivity contribution >= 4 is 15.9 Å². The van der Waals surface area contributed by atoms with Crippen molar-refractivity contribution in [1.82, 2.24) is 0 Å². The van der Waals surface area contributed by atoms with Gasteiger partial charge in [-0.3, -0.25) is 0 Å². The third-order valence-electron chi connectivity index (χ3n) is 2.50. The van der Waals surface area contributed by atoms with Crippen molar-refractivity contribution < 1.29 is 9.13 Å². The summed E-state index contributed by atoms with van der Waals surface area (Å²) in [5.74, 6) is 0.270. The molecule has 2 aromatic rings. The van der Waals surface area contributed by atoms with Crippen LogP contribution in [-0.2, 0) is 6.61 Å². The highest BCUT2D eigenvalue weighted by Crippen LogP contribution is 2.28. The molecule has 1 nitrogen and oxygen atoms in total. The van der Waals surface area contributed by atoms with Crippen molar-refractivity contribution in [2.45, 2.75) is 27.4 Å². The second-order valence-corrected chi connectivity index (χ2v) is 4.64. The van der Waals surface area contributed by atoms with Crippen molar-refractivity contribution in [3.8, 4) is 5.75 Å². The largest absolute Gasteiger partial charge is 0.488 e. The molecular weight excluding hydrogens is 307 g/mol. The van der Waals surface area contributed by atoms with Gasteiger partial charge in [-0.2, -0.15) is 0 Å². The molecule has 0 aliphatic carbocycles. The molecule has 19 heavy (non-hydrogen) atoms. The predicted molar refractivity (Wildman–Crippen MR) is 81.0 cm³/mol. The molecule has 0 saturated carbocycles. The van der Waals surface area contributed by atoms with E-state index in [0.717, 1.165) is 15.6 Å². The molecule has 0 aliphatic rings. The van der Waals surface area contributed by atoms with Crippen molar-refractivity contribution in [1.29, 1.82) is 0 Å². The summed E-state index contributed by atoms with van der Waals surface area (Å²) < 4.78 is 19.6. The van der Waals surface area contributed by atoms with Gasteiger partial charge in [-0.15, -0.1) is 0 Å². The van der Waals surface area contributed by atoms with E-state index in [1.54, 1.807) is 0 Å². The Morgan fingerprint density at radius 3 is 2.37 bits per heavy atom. The summed E-state index contributed by atoms with van der Waals surface area (Å²) >= 11 is 3.30. The van der Waals surface area contributed by atoms with Gasteiger partial charge in [0.15, 0.2) is 0 Å². The molecule has 2 rings (SSSR count). The summed E-state index contributed by atoms with van der Waals surface area (Å²) in [5.41, 5.74) is 1.97. The van der Waals surface area contributed by atoms with E-state index in [-0.39, 0.29) is 5.82 Å². The Morgan fingerprint density at radius 2 is 1.74 bits per heavy atom. The highest BCUT2D eigenvalue weighted by molar-refractivity contribution is 9.10. The summed E-state index contributed by atoms with van der Waals surface area (Å²) in [7, 11) is 0. The summed E-state index contributed by atoms with van der Waals surface area (Å²) in [6.45, 7) is 6.33. The molecule has 0 atom stereocenters. The second-order valence-electron chi connectivity index (χ2n) is 3.79. The van der Waals surface area contributed by atoms with Crippen LogP contribution in [0.3, 0.4) is 0 Å². The molecule has 0 N–H and O–H groups in total. The topological polar surface area (TPSA) is 9.23 Å². The van der Waals surface area contributed by atoms with Crippen molar-refractivity contribution in [3.63, 3.8) is 0 Å². The molecule has 0 spiro atoms. The smallest absolute Gasteiger partial charge is 0.128 e. The number of rotatable bonds is 3. The van der Waals surface area contributed by atoms with Crippen LogP contribution in [0.5, 0.6) is 5.75 Å². The molecule has 0 unspecified atom stereocenters. The van der Waals surface area contributed by atoms with Gasteiger partial charge in [0.05, 0.1) is 0 Å². The standard InChI is InChI=1S/C14H12BrFO.C2H6/c1-10-13(15)7-12(16)8-14(10)17-9-11-5-3-2-4-6-11;1-2/h2-8H,9H2,1H3;1-2H3. The van der Waals surface area contributed by atoms with Crippen LogP contribution >= 0.6 is 15.9 Å². The molecular formula is C16H18BrFO. The molecule has 0 heterocycles. The van der Waals surface area contributed by atoms with Gasteiger partial charge in [-0.05, 0) is 18.6 Å². The van der Waals surface area contributed by atoms with Crippen LogP contribution in [0.25, 0.3) is 0 Å². The van der Waals surface area contributed by atoms with Gasteiger partial charge in [0.1, 0.15) is 18.2 Å². The first-order valence-electron chi connectivity index (χ1n) is 6.29. The van der Waals surface area contributed by atoms with Crippen LogP contribution < -0.4 is 4.74 Å². The summed E-state index contributed by atoms with van der Waals surface area (Å²) in [5, 5.41) is 0. The van der Waals surface area contributed by atoms with Crippen LogP contribution in [0.15, 0.2) is 46.9 Å². The average molecular weight is 325 g/mol. The lowest BCUT2D eigenvalue weighted by molar-refractivity contribution is 0.302. The van der Waals surface area contributed by atoms with E-state index in [0.29, 0.717) is 12.4 Å². The first-order valence-corrected chi connectivity index (χ1v) is 7.08. The fourth-order valence-corrected chi connectivity index (χ4v) is 1.92. The van der Waals surface area contributed by atoms with Gasteiger partial charge < -0.3 is 4.74 Å². The lowest BCUT2D eigenvalue weighted by atomic mass is 10.2. The molecule has 0 radical (unpaired) electrons. The van der Waals surface area contributed by atoms with E-state index >= 15 is 0 Å². The average Bonchev–Trinajstić information content (AvgIpc) is 2.44. The minimum atomic E-state index is -0.300. The molecule has 0 bridgehead atoms. The van der Waals surface area contributed by atoms with Gasteiger partial charge in [0.2, 0.25) is 0 Å². The van der Waals surface area contributed by atoms with E-state index in [2.05, 4.69) is 15.9 Å². The van der Waals surface area contributed by atoms with Crippen LogP contribution in [0.2, 0.25) is 0 Å². The fraction of sp³-hybridized carbons (Fsp3) is 0.250. The van der Waals surface area contributed by atoms with E-state index in [4.69, 9.17) is 4.74 Å². The van der Waals surface area contributed by atoms with E-state index < -0.39 is 0 Å². The molecule has 0 aromatic heterocycles. The van der Waals surface area contributed by atoms with Gasteiger partial charge in [-0.25, -0.2) is 4.39 Å². The van der Waals surface area contributed by atoms with Crippen molar-refractivity contribution in [2.24, 2.45) is 0 Å². The van der Waals surface area contributed by atoms with Crippen molar-refractivity contribution in [2.75, 3.05) is 0 Å². The molecule has 102 valence electrons. The second kappa shape index (κ2) is 7.95. The van der Waals surface area contributed by atoms with Crippen LogP contribution in [-0.4, -0.2) is 0 Å². The molecule has 0 aliphatic heterocycles. The zero-order valence-electron chi connectivity index (χ0n) is 11.4. The summed E-state index contributed by atoms with van der Waals surface area (Å²) in [6.07, 6.45) is 0. The summed E-state index contributed by atoms with van der Waals surface area (Å²) in [4.78, 5) is 0. The SMILES string of the molecule is CC.Cc1c(Br)cc(F)cc1OCc1ccccc1. The number of benzene rings is 2. The van der Waals surface area contributed by atoms with E-state index in [1.165, 1.54) is 12.1 Å². The van der Waals surface area contributed by atoms with Crippen LogP contribution in [0.1, 0.15) is 25.0 Å². The van der Waals surface area contributed by atoms with Gasteiger partial charge in [0, 0.05) is 16.1 Å². The lowest BCUT2D eigenvalue weighted by Gasteiger charge is -2.10. The Hall–Kier alpha value is -1.35. The number of ether oxygens (including phenoxy) is 1. The fourth-order valence-electron chi connectivity index (χ4n) is 1.51. The lowest BCUT2D eigenvalue weighted by Crippen LogP contribution is -1.97. The maximum absolute atomic E-state index is 13.2. The highest BCUT2D eigenvalue weighted by Gasteiger charge is 2.06. The summed E-state index contributed by atoms with van der Waals surface area (Å²) in [6, 6.07) is 12.6. The van der Waals surface area contributed by atoms with Gasteiger partial charge in [-0.1, -0.05) is 60.1 Å². The number of hydrogen-bond acceptors (Lipinski definition) is 1. The quantitative estimate of drug-likeness (QED) is 0.724. The monoisotopic (exact) mass is 324 g/mol. The highest BCUT2D eigenvalue weighted by atomic mass is 79.9. The molecule has 0 amide bonds. The number of halogens is 2. The van der Waals surface area contributed by atoms with E-state index in [1.807, 2.05) is 51.1 Å². The molecule has 2 aromatic carbocycles. The van der Waals surface area contributed by atoms with Gasteiger partial charge >= 0.3 is 0 Å². The molecule has 0 fully saturated rings. The Morgan fingerprint density at radius 1 is 1.11 bits per heavy atom. The number of hydrogen-bond donors (Lipinski definition) is 0. The predicted octanol–water partition coefficient (Wildman–Crippen LogP) is 5.50. The van der Waals surface area contributed by atoms with Crippen molar-refractivity contribution in [3.05, 3.63) is 63.9 Å². The third-order valence-corrected chi connectivity index (χ3v) is 3.32. The molecule has 0 saturated heterocycles. The molecule has 3 heteroatoms. The zero-order valence-corrected chi connectivity index (χ0v) is 13.0.